The largest absolute Gasteiger partial charge is 0.383 e. The highest BCUT2D eigenvalue weighted by Gasteiger charge is 2.30. The number of fused-ring (bicyclic) bond motifs is 3. The van der Waals surface area contributed by atoms with Crippen molar-refractivity contribution < 1.29 is 13.5 Å². The molecular weight excluding hydrogens is 1380 g/mol. The van der Waals surface area contributed by atoms with Gasteiger partial charge in [0.05, 0.1) is 29.0 Å². The monoisotopic (exact) mass is 1470 g/mol. The number of pyridine rings is 5. The second kappa shape index (κ2) is 38.3. The van der Waals surface area contributed by atoms with Crippen LogP contribution >= 0.6 is 34.8 Å². The van der Waals surface area contributed by atoms with Crippen LogP contribution in [0.15, 0.2) is 201 Å². The van der Waals surface area contributed by atoms with Crippen LogP contribution in [0.5, 0.6) is 0 Å². The first kappa shape index (κ1) is 74.9. The number of nitrogens with zero attached hydrogens (tertiary/aromatic N) is 12. The van der Waals surface area contributed by atoms with E-state index < -0.39 is 0 Å². The zero-order chi connectivity index (χ0) is 71.9. The Morgan fingerprint density at radius 3 is 1.16 bits per heavy atom. The highest BCUT2D eigenvalue weighted by Crippen LogP contribution is 2.30. The van der Waals surface area contributed by atoms with Crippen LogP contribution < -0.4 is 16.0 Å². The Kier molecular flexibility index (Phi) is 27.3. The molecule has 4 aliphatic heterocycles. The molecular formula is C83H95Cl3F2N16O. The summed E-state index contributed by atoms with van der Waals surface area (Å²) in [7, 11) is 0. The lowest BCUT2D eigenvalue weighted by Crippen LogP contribution is -2.47. The molecule has 0 saturated carbocycles. The number of imidazole rings is 1. The van der Waals surface area contributed by atoms with Gasteiger partial charge in [-0.15, -0.1) is 0 Å². The van der Waals surface area contributed by atoms with Crippen LogP contribution in [0.3, 0.4) is 0 Å². The summed E-state index contributed by atoms with van der Waals surface area (Å²) in [6.45, 7) is 18.4. The predicted molar refractivity (Wildman–Crippen MR) is 422 cm³/mol. The molecule has 0 amide bonds. The fourth-order valence-corrected chi connectivity index (χ4v) is 15.6. The standard InChI is InChI=1S/C30H31ClF2N4.C27H34ClN5O.C26H30ClN7/c31-24-5-10-28-29(11-14-34-30(28)19-24)35-15-18-36-16-12-27(13-17-36)37(20-22-1-6-25(32)7-2-22)21-23-3-8-26(33)9-4-23;28-22-3-4-25-26(7-12-30-27(25)18-22)31-13-16-32-14-8-23(9-15-32)33(20-24-2-1-17-34-24)19-21-5-10-29-11-6-21;27-21-1-2-24-25(5-10-30-26(24)15-21)31-11-14-33-12-6-23(7-13-33)34(18-22-16-29-19-32-22)17-20-3-8-28-9-4-20/h1-11,14,19,27H,12-13,15-18,20-21H2,(H,34,35);3-7,10-12,18,23-24H,1-2,8-9,13-17,19-20H2,(H,30,31);1-5,8-10,15-16,19,23H,6-7,11-14,17-18H2,(H,29,32)(H,30,31). The van der Waals surface area contributed by atoms with Gasteiger partial charge in [-0.05, 0) is 234 Å². The molecule has 548 valence electrons. The highest BCUT2D eigenvalue weighted by atomic mass is 35.5. The van der Waals surface area contributed by atoms with E-state index in [1.807, 2.05) is 147 Å². The van der Waals surface area contributed by atoms with Gasteiger partial charge in [0.15, 0.2) is 0 Å². The van der Waals surface area contributed by atoms with E-state index in [1.165, 1.54) is 61.1 Å². The van der Waals surface area contributed by atoms with Gasteiger partial charge in [-0.1, -0.05) is 59.1 Å². The zero-order valence-corrected chi connectivity index (χ0v) is 61.9. The van der Waals surface area contributed by atoms with Gasteiger partial charge in [-0.3, -0.25) is 39.6 Å². The highest BCUT2D eigenvalue weighted by molar-refractivity contribution is 6.32. The van der Waals surface area contributed by atoms with Crippen LogP contribution in [0, 0.1) is 11.6 Å². The summed E-state index contributed by atoms with van der Waals surface area (Å²) in [5, 5.41) is 16.2. The third-order valence-electron chi connectivity index (χ3n) is 20.8. The van der Waals surface area contributed by atoms with Crippen LogP contribution in [0.4, 0.5) is 25.8 Å². The van der Waals surface area contributed by atoms with E-state index >= 15 is 0 Å². The molecule has 1 unspecified atom stereocenters. The number of hydrogen-bond acceptors (Lipinski definition) is 16. The summed E-state index contributed by atoms with van der Waals surface area (Å²) >= 11 is 18.4. The number of rotatable bonds is 27. The van der Waals surface area contributed by atoms with Gasteiger partial charge in [0.2, 0.25) is 0 Å². The van der Waals surface area contributed by atoms with Crippen molar-refractivity contribution in [2.45, 2.75) is 108 Å². The lowest BCUT2D eigenvalue weighted by Gasteiger charge is -2.39. The summed E-state index contributed by atoms with van der Waals surface area (Å²) in [6.07, 6.45) is 26.3. The molecule has 15 rings (SSSR count). The molecule has 4 saturated heterocycles. The van der Waals surface area contributed by atoms with Crippen molar-refractivity contribution in [1.82, 2.24) is 64.3 Å². The number of likely N-dealkylation sites (tertiary alicyclic amines) is 3. The van der Waals surface area contributed by atoms with Crippen molar-refractivity contribution in [1.29, 1.82) is 0 Å². The smallest absolute Gasteiger partial charge is 0.123 e. The van der Waals surface area contributed by atoms with Gasteiger partial charge >= 0.3 is 0 Å². The molecule has 11 aromatic rings. The first-order valence-corrected chi connectivity index (χ1v) is 38.2. The number of hydrogen-bond donors (Lipinski definition) is 4. The minimum Gasteiger partial charge on any atom is -0.383 e. The predicted octanol–water partition coefficient (Wildman–Crippen LogP) is 16.2. The maximum Gasteiger partial charge on any atom is 0.123 e. The normalized spacial score (nSPS) is 16.6. The number of halogens is 5. The number of ether oxygens (including phenoxy) is 1. The SMILES string of the molecule is Clc1ccc2c(NCCN3CCC(N(Cc4ccncc4)CC4CCCO4)CC3)ccnc2c1.Clc1ccc2c(NCCN3CCC(N(Cc4ccncc4)Cc4cnc[nH]4)CC3)ccnc2c1.Fc1ccc(CN(Cc2ccc(F)cc2)C2CCN(CCNc3ccnc4cc(Cl)ccc34)CC2)cc1. The molecule has 0 aliphatic carbocycles. The number of aromatic nitrogens is 7. The van der Waals surface area contributed by atoms with Gasteiger partial charge in [0.1, 0.15) is 11.6 Å². The molecule has 22 heteroatoms. The second-order valence-corrected chi connectivity index (χ2v) is 29.3. The van der Waals surface area contributed by atoms with Crippen molar-refractivity contribution in [2.75, 3.05) is 108 Å². The molecule has 0 spiro atoms. The number of nitrogens with one attached hydrogen (secondary N) is 4. The maximum atomic E-state index is 13.4. The maximum absolute atomic E-state index is 13.4. The minimum absolute atomic E-state index is 0.223. The van der Waals surface area contributed by atoms with Crippen molar-refractivity contribution in [3.63, 3.8) is 0 Å². The van der Waals surface area contributed by atoms with Crippen molar-refractivity contribution >= 4 is 84.6 Å². The van der Waals surface area contributed by atoms with E-state index in [-0.39, 0.29) is 11.6 Å². The molecule has 17 nitrogen and oxygen atoms in total. The molecule has 1 atom stereocenters. The van der Waals surface area contributed by atoms with Crippen LogP contribution in [-0.4, -0.2) is 180 Å². The van der Waals surface area contributed by atoms with E-state index in [0.717, 1.165) is 222 Å². The topological polar surface area (TPSA) is 158 Å². The summed E-state index contributed by atoms with van der Waals surface area (Å²) in [5.41, 5.74) is 12.0. The summed E-state index contributed by atoms with van der Waals surface area (Å²) < 4.78 is 32.9. The van der Waals surface area contributed by atoms with Gasteiger partial charge in [0, 0.05) is 207 Å². The average molecular weight is 1480 g/mol. The van der Waals surface area contributed by atoms with Gasteiger partial charge in [0.25, 0.3) is 0 Å². The Morgan fingerprint density at radius 2 is 0.790 bits per heavy atom. The van der Waals surface area contributed by atoms with Gasteiger partial charge in [-0.25, -0.2) is 13.8 Å². The Balaban J connectivity index is 0.000000140. The van der Waals surface area contributed by atoms with Gasteiger partial charge in [-0.2, -0.15) is 0 Å². The van der Waals surface area contributed by atoms with Crippen molar-refractivity contribution in [3.05, 3.63) is 256 Å². The van der Waals surface area contributed by atoms with Crippen LogP contribution in [0.1, 0.15) is 79.3 Å². The number of H-pyrrole nitrogens is 1. The Hall–Kier alpha value is -8.31. The first-order valence-electron chi connectivity index (χ1n) is 37.1. The van der Waals surface area contributed by atoms with Crippen LogP contribution in [0.2, 0.25) is 15.1 Å². The Bertz CT molecular complexity index is 4380. The Morgan fingerprint density at radius 1 is 0.419 bits per heavy atom. The van der Waals surface area contributed by atoms with Crippen LogP contribution in [-0.2, 0) is 37.5 Å². The molecule has 0 radical (unpaired) electrons. The summed E-state index contributed by atoms with van der Waals surface area (Å²) in [5.74, 6) is -0.446. The molecule has 6 aromatic heterocycles. The van der Waals surface area contributed by atoms with E-state index in [0.29, 0.717) is 34.3 Å². The second-order valence-electron chi connectivity index (χ2n) is 28.0. The van der Waals surface area contributed by atoms with E-state index in [4.69, 9.17) is 39.5 Å². The average Bonchev–Trinajstić information content (AvgIpc) is 1.38. The van der Waals surface area contributed by atoms with E-state index in [9.17, 15) is 8.78 Å². The first-order chi connectivity index (χ1) is 51.5. The fourth-order valence-electron chi connectivity index (χ4n) is 15.1. The van der Waals surface area contributed by atoms with E-state index in [2.05, 4.69) is 105 Å². The fraction of sp³-hybridized carbons (Fsp3) is 0.373. The molecule has 4 N–H and O–H groups in total. The number of benzene rings is 5. The quantitative estimate of drug-likeness (QED) is 0.0385. The molecule has 10 heterocycles. The number of piperidine rings is 3. The molecule has 0 bridgehead atoms. The third kappa shape index (κ3) is 22.2. The molecule has 4 fully saturated rings. The summed E-state index contributed by atoms with van der Waals surface area (Å²) in [6, 6.07) is 47.2. The zero-order valence-electron chi connectivity index (χ0n) is 59.6. The molecule has 5 aromatic carbocycles. The molecule has 4 aliphatic rings. The number of aromatic amines is 1. The Labute approximate surface area is 630 Å². The third-order valence-corrected chi connectivity index (χ3v) is 21.5. The van der Waals surface area contributed by atoms with Crippen molar-refractivity contribution in [2.24, 2.45) is 0 Å². The lowest BCUT2D eigenvalue weighted by atomic mass is 10.0. The van der Waals surface area contributed by atoms with E-state index in [1.54, 1.807) is 6.33 Å². The minimum atomic E-state index is -0.223. The van der Waals surface area contributed by atoms with Crippen LogP contribution in [0.25, 0.3) is 32.7 Å². The summed E-state index contributed by atoms with van der Waals surface area (Å²) in [4.78, 5) is 44.4. The lowest BCUT2D eigenvalue weighted by molar-refractivity contribution is 0.0350. The van der Waals surface area contributed by atoms with Crippen molar-refractivity contribution in [3.8, 4) is 0 Å². The molecule has 105 heavy (non-hydrogen) atoms. The van der Waals surface area contributed by atoms with Gasteiger partial charge < -0.3 is 40.4 Å². The number of anilines is 3.